The number of aryl methyl sites for hydroxylation is 1. The average molecular weight is 465 g/mol. The molecule has 0 radical (unpaired) electrons. The molecule has 1 fully saturated rings. The van der Waals surface area contributed by atoms with Crippen molar-refractivity contribution in [2.45, 2.75) is 13.1 Å². The lowest BCUT2D eigenvalue weighted by atomic mass is 10.2. The lowest BCUT2D eigenvalue weighted by molar-refractivity contribution is 0.106. The second-order valence-electron chi connectivity index (χ2n) is 8.03. The van der Waals surface area contributed by atoms with Crippen LogP contribution in [0.25, 0.3) is 11.2 Å². The zero-order valence-electron chi connectivity index (χ0n) is 18.1. The van der Waals surface area contributed by atoms with Crippen molar-refractivity contribution in [2.75, 3.05) is 39.3 Å². The standard InChI is InChI=1S/C21H26ClFN6O3/c1-25-19-18(20(31)26(2)21(25)32)29(12-14-15(22)4-3-5-16(14)23)17(24-19)13-28-8-6-27(7-9-28)10-11-30/h3-5,30H,6-13H2,1-2H3. The van der Waals surface area contributed by atoms with Gasteiger partial charge in [-0.05, 0) is 12.1 Å². The molecule has 1 aliphatic rings. The van der Waals surface area contributed by atoms with E-state index in [4.69, 9.17) is 16.7 Å². The topological polar surface area (TPSA) is 88.5 Å². The predicted molar refractivity (Wildman–Crippen MR) is 120 cm³/mol. The first kappa shape index (κ1) is 22.7. The van der Waals surface area contributed by atoms with Crippen molar-refractivity contribution in [1.29, 1.82) is 0 Å². The van der Waals surface area contributed by atoms with Gasteiger partial charge in [-0.2, -0.15) is 0 Å². The van der Waals surface area contributed by atoms with Crippen molar-refractivity contribution in [2.24, 2.45) is 14.1 Å². The Morgan fingerprint density at radius 3 is 2.41 bits per heavy atom. The van der Waals surface area contributed by atoms with Crippen LogP contribution in [0.4, 0.5) is 4.39 Å². The first-order valence-corrected chi connectivity index (χ1v) is 10.8. The summed E-state index contributed by atoms with van der Waals surface area (Å²) in [6, 6.07) is 4.46. The van der Waals surface area contributed by atoms with E-state index in [0.29, 0.717) is 18.9 Å². The number of imidazole rings is 1. The second-order valence-corrected chi connectivity index (χ2v) is 8.44. The molecule has 0 spiro atoms. The Balaban J connectivity index is 1.79. The summed E-state index contributed by atoms with van der Waals surface area (Å²) >= 11 is 6.27. The van der Waals surface area contributed by atoms with Crippen molar-refractivity contribution >= 4 is 22.8 Å². The normalized spacial score (nSPS) is 15.7. The summed E-state index contributed by atoms with van der Waals surface area (Å²) in [7, 11) is 2.98. The Bertz CT molecular complexity index is 1240. The molecule has 0 amide bonds. The van der Waals surface area contributed by atoms with Gasteiger partial charge in [0.15, 0.2) is 11.2 Å². The highest BCUT2D eigenvalue weighted by Crippen LogP contribution is 2.23. The Kier molecular flexibility index (Phi) is 6.47. The van der Waals surface area contributed by atoms with E-state index < -0.39 is 17.1 Å². The van der Waals surface area contributed by atoms with E-state index in [1.165, 1.54) is 23.7 Å². The summed E-state index contributed by atoms with van der Waals surface area (Å²) in [5, 5.41) is 9.41. The fraction of sp³-hybridized carbons (Fsp3) is 0.476. The van der Waals surface area contributed by atoms with E-state index in [1.54, 1.807) is 17.7 Å². The smallest absolute Gasteiger partial charge is 0.332 e. The Labute approximate surface area is 188 Å². The molecule has 172 valence electrons. The van der Waals surface area contributed by atoms with Gasteiger partial charge in [0.2, 0.25) is 0 Å². The quantitative estimate of drug-likeness (QED) is 0.567. The molecular weight excluding hydrogens is 439 g/mol. The van der Waals surface area contributed by atoms with Gasteiger partial charge in [0.1, 0.15) is 11.6 Å². The van der Waals surface area contributed by atoms with Crippen LogP contribution >= 0.6 is 11.6 Å². The molecule has 2 aromatic heterocycles. The highest BCUT2D eigenvalue weighted by Gasteiger charge is 2.24. The van der Waals surface area contributed by atoms with Crippen LogP contribution in [0, 0.1) is 5.82 Å². The van der Waals surface area contributed by atoms with Gasteiger partial charge in [-0.25, -0.2) is 14.2 Å². The van der Waals surface area contributed by atoms with Gasteiger partial charge in [-0.1, -0.05) is 17.7 Å². The minimum atomic E-state index is -0.484. The maximum Gasteiger partial charge on any atom is 0.332 e. The van der Waals surface area contributed by atoms with Crippen LogP contribution in [0.2, 0.25) is 5.02 Å². The van der Waals surface area contributed by atoms with Crippen molar-refractivity contribution in [1.82, 2.24) is 28.5 Å². The highest BCUT2D eigenvalue weighted by atomic mass is 35.5. The number of aliphatic hydroxyl groups is 1. The van der Waals surface area contributed by atoms with Gasteiger partial charge >= 0.3 is 5.69 Å². The SMILES string of the molecule is Cn1c(=O)c2c(nc(CN3CCN(CCO)CC3)n2Cc2c(F)cccc2Cl)n(C)c1=O. The molecule has 0 unspecified atom stereocenters. The first-order valence-electron chi connectivity index (χ1n) is 10.5. The molecule has 0 bridgehead atoms. The average Bonchev–Trinajstić information content (AvgIpc) is 3.13. The van der Waals surface area contributed by atoms with Crippen molar-refractivity contribution in [3.05, 3.63) is 61.3 Å². The molecule has 0 aliphatic carbocycles. The summed E-state index contributed by atoms with van der Waals surface area (Å²) in [6.07, 6.45) is 0. The fourth-order valence-electron chi connectivity index (χ4n) is 4.14. The number of β-amino-alcohol motifs (C(OH)–C–C–N with tert-alkyl or cyclic N) is 1. The van der Waals surface area contributed by atoms with E-state index in [0.717, 1.165) is 30.7 Å². The maximum absolute atomic E-state index is 14.6. The highest BCUT2D eigenvalue weighted by molar-refractivity contribution is 6.31. The first-order chi connectivity index (χ1) is 15.3. The lowest BCUT2D eigenvalue weighted by Crippen LogP contribution is -2.46. The summed E-state index contributed by atoms with van der Waals surface area (Å²) in [4.78, 5) is 34.5. The van der Waals surface area contributed by atoms with E-state index in [9.17, 15) is 14.0 Å². The van der Waals surface area contributed by atoms with Crippen LogP contribution in [0.3, 0.4) is 0 Å². The third kappa shape index (κ3) is 4.11. The summed E-state index contributed by atoms with van der Waals surface area (Å²) in [5.74, 6) is 0.0952. The van der Waals surface area contributed by atoms with Gasteiger partial charge in [0, 0.05) is 57.4 Å². The molecule has 4 rings (SSSR count). The number of nitrogens with zero attached hydrogens (tertiary/aromatic N) is 6. The van der Waals surface area contributed by atoms with E-state index >= 15 is 0 Å². The molecule has 1 aliphatic heterocycles. The maximum atomic E-state index is 14.6. The number of aliphatic hydroxyl groups excluding tert-OH is 1. The van der Waals surface area contributed by atoms with Crippen molar-refractivity contribution in [3.8, 4) is 0 Å². The molecule has 11 heteroatoms. The molecule has 0 atom stereocenters. The molecule has 0 saturated carbocycles. The van der Waals surface area contributed by atoms with E-state index in [1.807, 2.05) is 0 Å². The number of benzene rings is 1. The van der Waals surface area contributed by atoms with Gasteiger partial charge in [0.25, 0.3) is 5.56 Å². The monoisotopic (exact) mass is 464 g/mol. The number of aromatic nitrogens is 4. The molecule has 3 aromatic rings. The van der Waals surface area contributed by atoms with Crippen LogP contribution < -0.4 is 11.2 Å². The molecule has 3 heterocycles. The van der Waals surface area contributed by atoms with Crippen molar-refractivity contribution in [3.63, 3.8) is 0 Å². The van der Waals surface area contributed by atoms with Crippen LogP contribution in [-0.4, -0.2) is 72.9 Å². The number of halogens is 2. The molecular formula is C21H26ClFN6O3. The number of hydrogen-bond acceptors (Lipinski definition) is 6. The van der Waals surface area contributed by atoms with Crippen molar-refractivity contribution < 1.29 is 9.50 Å². The predicted octanol–water partition coefficient (Wildman–Crippen LogP) is 0.384. The van der Waals surface area contributed by atoms with E-state index in [-0.39, 0.29) is 34.9 Å². The van der Waals surface area contributed by atoms with Gasteiger partial charge in [0.05, 0.1) is 19.7 Å². The van der Waals surface area contributed by atoms with Gasteiger partial charge < -0.3 is 9.67 Å². The molecule has 1 saturated heterocycles. The molecule has 1 N–H and O–H groups in total. The Hall–Kier alpha value is -2.53. The third-order valence-electron chi connectivity index (χ3n) is 6.05. The summed E-state index contributed by atoms with van der Waals surface area (Å²) in [5.41, 5.74) is -0.192. The molecule has 9 nitrogen and oxygen atoms in total. The van der Waals surface area contributed by atoms with E-state index in [2.05, 4.69) is 14.8 Å². The minimum Gasteiger partial charge on any atom is -0.395 e. The largest absolute Gasteiger partial charge is 0.395 e. The number of piperazine rings is 1. The number of fused-ring (bicyclic) bond motifs is 1. The van der Waals surface area contributed by atoms with Gasteiger partial charge in [-0.15, -0.1) is 0 Å². The molecule has 32 heavy (non-hydrogen) atoms. The van der Waals surface area contributed by atoms with Crippen LogP contribution in [0.15, 0.2) is 27.8 Å². The van der Waals surface area contributed by atoms with Crippen LogP contribution in [0.5, 0.6) is 0 Å². The zero-order valence-corrected chi connectivity index (χ0v) is 18.8. The number of hydrogen-bond donors (Lipinski definition) is 1. The summed E-state index contributed by atoms with van der Waals surface area (Å²) < 4.78 is 18.6. The lowest BCUT2D eigenvalue weighted by Gasteiger charge is -2.34. The minimum absolute atomic E-state index is 0.0231. The third-order valence-corrected chi connectivity index (χ3v) is 6.41. The van der Waals surface area contributed by atoms with Crippen LogP contribution in [0.1, 0.15) is 11.4 Å². The molecule has 1 aromatic carbocycles. The fourth-order valence-corrected chi connectivity index (χ4v) is 4.36. The zero-order chi connectivity index (χ0) is 23.0. The van der Waals surface area contributed by atoms with Gasteiger partial charge in [-0.3, -0.25) is 23.7 Å². The second kappa shape index (κ2) is 9.14. The summed E-state index contributed by atoms with van der Waals surface area (Å²) in [6.45, 7) is 4.36. The Morgan fingerprint density at radius 1 is 1.06 bits per heavy atom. The number of rotatable bonds is 6. The Morgan fingerprint density at radius 2 is 1.75 bits per heavy atom. The van der Waals surface area contributed by atoms with Crippen LogP contribution in [-0.2, 0) is 27.2 Å².